The normalized spacial score (nSPS) is 24.1. The average molecular weight is 118 g/mol. The first-order valence-electron chi connectivity index (χ1n) is 2.49. The maximum atomic E-state index is 6.72. The number of alkyl halides is 1. The van der Waals surface area contributed by atoms with Crippen molar-refractivity contribution < 1.29 is 0 Å². The predicted molar refractivity (Wildman–Crippen MR) is 31.1 cm³/mol. The largest absolute Gasteiger partial charge is 0.312 e. The fourth-order valence-electron chi connectivity index (χ4n) is 0.551. The highest BCUT2D eigenvalue weighted by Gasteiger charge is 2.27. The van der Waals surface area contributed by atoms with Crippen LogP contribution in [-0.2, 0) is 0 Å². The van der Waals surface area contributed by atoms with Gasteiger partial charge in [0, 0.05) is 6.21 Å². The van der Waals surface area contributed by atoms with Crippen LogP contribution in [0.15, 0.2) is 0 Å². The molecule has 0 aromatic rings. The van der Waals surface area contributed by atoms with Crippen molar-refractivity contribution in [2.45, 2.75) is 18.2 Å². The van der Waals surface area contributed by atoms with Crippen molar-refractivity contribution >= 4 is 17.8 Å². The quantitative estimate of drug-likeness (QED) is 0.420. The van der Waals surface area contributed by atoms with E-state index in [9.17, 15) is 0 Å². The van der Waals surface area contributed by atoms with Crippen LogP contribution in [0.2, 0.25) is 0 Å². The molecule has 0 aromatic carbocycles. The molecule has 1 N–H and O–H groups in total. The first-order chi connectivity index (χ1) is 3.34. The van der Waals surface area contributed by atoms with Gasteiger partial charge in [-0.2, -0.15) is 0 Å². The lowest BCUT2D eigenvalue weighted by atomic mass is 10.3. The summed E-state index contributed by atoms with van der Waals surface area (Å²) in [7, 11) is 0. The lowest BCUT2D eigenvalue weighted by molar-refractivity contribution is 0.912. The molecule has 7 heavy (non-hydrogen) atoms. The van der Waals surface area contributed by atoms with Crippen molar-refractivity contribution in [3.63, 3.8) is 0 Å². The van der Waals surface area contributed by atoms with E-state index < -0.39 is 0 Å². The van der Waals surface area contributed by atoms with Crippen molar-refractivity contribution in [3.05, 3.63) is 0 Å². The Morgan fingerprint density at radius 2 is 2.29 bits per heavy atom. The molecule has 1 saturated carbocycles. The minimum Gasteiger partial charge on any atom is -0.312 e. The Bertz CT molecular complexity index is 78.1. The van der Waals surface area contributed by atoms with Crippen LogP contribution in [0.3, 0.4) is 0 Å². The van der Waals surface area contributed by atoms with E-state index in [0.29, 0.717) is 5.92 Å². The van der Waals surface area contributed by atoms with E-state index in [2.05, 4.69) is 0 Å². The zero-order valence-corrected chi connectivity index (χ0v) is 4.78. The highest BCUT2D eigenvalue weighted by molar-refractivity contribution is 6.28. The minimum atomic E-state index is 0.0278. The van der Waals surface area contributed by atoms with Crippen LogP contribution in [0.25, 0.3) is 0 Å². The molecule has 0 aromatic heterocycles. The SMILES string of the molecule is N=CC(Cl)C1CC1. The maximum Gasteiger partial charge on any atom is 0.0709 e. The topological polar surface area (TPSA) is 23.9 Å². The molecule has 0 aliphatic heterocycles. The van der Waals surface area contributed by atoms with E-state index in [4.69, 9.17) is 17.0 Å². The number of rotatable bonds is 2. The molecule has 0 saturated heterocycles. The van der Waals surface area contributed by atoms with E-state index in [1.54, 1.807) is 0 Å². The van der Waals surface area contributed by atoms with Gasteiger partial charge in [-0.15, -0.1) is 11.6 Å². The zero-order chi connectivity index (χ0) is 5.28. The standard InChI is InChI=1S/C5H8ClN/c6-5(3-7)4-1-2-4/h3-5,7H,1-2H2. The smallest absolute Gasteiger partial charge is 0.0709 e. The van der Waals surface area contributed by atoms with Crippen molar-refractivity contribution in [3.8, 4) is 0 Å². The Kier molecular flexibility index (Phi) is 1.33. The molecular formula is C5H8ClN. The van der Waals surface area contributed by atoms with Crippen LogP contribution in [-0.4, -0.2) is 11.6 Å². The van der Waals surface area contributed by atoms with Gasteiger partial charge in [0.25, 0.3) is 0 Å². The summed E-state index contributed by atoms with van der Waals surface area (Å²) in [5.74, 6) is 0.638. The van der Waals surface area contributed by atoms with Crippen LogP contribution in [0.1, 0.15) is 12.8 Å². The van der Waals surface area contributed by atoms with Crippen LogP contribution < -0.4 is 0 Å². The summed E-state index contributed by atoms with van der Waals surface area (Å²) >= 11 is 5.62. The third-order valence-corrected chi connectivity index (χ3v) is 1.71. The summed E-state index contributed by atoms with van der Waals surface area (Å²) in [6, 6.07) is 0. The van der Waals surface area contributed by atoms with Gasteiger partial charge in [-0.1, -0.05) is 0 Å². The second-order valence-electron chi connectivity index (χ2n) is 1.95. The first-order valence-corrected chi connectivity index (χ1v) is 2.93. The second kappa shape index (κ2) is 1.83. The third-order valence-electron chi connectivity index (χ3n) is 1.23. The monoisotopic (exact) mass is 117 g/mol. The average Bonchev–Trinajstić information content (AvgIpc) is 2.44. The van der Waals surface area contributed by atoms with Gasteiger partial charge in [-0.05, 0) is 18.8 Å². The summed E-state index contributed by atoms with van der Waals surface area (Å²) in [5.41, 5.74) is 0. The highest BCUT2D eigenvalue weighted by Crippen LogP contribution is 2.34. The molecule has 1 atom stereocenters. The second-order valence-corrected chi connectivity index (χ2v) is 2.45. The summed E-state index contributed by atoms with van der Waals surface area (Å²) in [6.45, 7) is 0. The molecule has 0 bridgehead atoms. The molecule has 0 radical (unpaired) electrons. The Morgan fingerprint density at radius 1 is 1.71 bits per heavy atom. The highest BCUT2D eigenvalue weighted by atomic mass is 35.5. The molecular weight excluding hydrogens is 110 g/mol. The van der Waals surface area contributed by atoms with Gasteiger partial charge in [-0.3, -0.25) is 0 Å². The van der Waals surface area contributed by atoms with Gasteiger partial charge in [0.05, 0.1) is 5.38 Å². The van der Waals surface area contributed by atoms with Crippen LogP contribution >= 0.6 is 11.6 Å². The Labute approximate surface area is 48.2 Å². The molecule has 40 valence electrons. The Balaban J connectivity index is 2.22. The molecule has 0 heterocycles. The predicted octanol–water partition coefficient (Wildman–Crippen LogP) is 1.65. The molecule has 1 aliphatic carbocycles. The Morgan fingerprint density at radius 3 is 2.43 bits per heavy atom. The number of halogens is 1. The van der Waals surface area contributed by atoms with Gasteiger partial charge in [0.2, 0.25) is 0 Å². The van der Waals surface area contributed by atoms with Crippen LogP contribution in [0.4, 0.5) is 0 Å². The van der Waals surface area contributed by atoms with Crippen molar-refractivity contribution in [1.82, 2.24) is 0 Å². The van der Waals surface area contributed by atoms with Gasteiger partial charge in [0.1, 0.15) is 0 Å². The summed E-state index contributed by atoms with van der Waals surface area (Å²) in [6.07, 6.45) is 3.77. The van der Waals surface area contributed by atoms with Crippen LogP contribution in [0, 0.1) is 11.3 Å². The zero-order valence-electron chi connectivity index (χ0n) is 4.02. The summed E-state index contributed by atoms with van der Waals surface area (Å²) in [4.78, 5) is 0. The van der Waals surface area contributed by atoms with Crippen molar-refractivity contribution in [2.24, 2.45) is 5.92 Å². The number of nitrogens with one attached hydrogen (secondary N) is 1. The number of hydrogen-bond donors (Lipinski definition) is 1. The molecule has 2 heteroatoms. The van der Waals surface area contributed by atoms with Gasteiger partial charge in [-0.25, -0.2) is 0 Å². The van der Waals surface area contributed by atoms with Gasteiger partial charge >= 0.3 is 0 Å². The molecule has 0 amide bonds. The van der Waals surface area contributed by atoms with E-state index in [1.807, 2.05) is 0 Å². The van der Waals surface area contributed by atoms with E-state index in [1.165, 1.54) is 19.1 Å². The van der Waals surface area contributed by atoms with E-state index in [-0.39, 0.29) is 5.38 Å². The summed E-state index contributed by atoms with van der Waals surface area (Å²) < 4.78 is 0. The molecule has 1 fully saturated rings. The summed E-state index contributed by atoms with van der Waals surface area (Å²) in [5, 5.41) is 6.75. The third kappa shape index (κ3) is 1.16. The van der Waals surface area contributed by atoms with E-state index >= 15 is 0 Å². The molecule has 1 rings (SSSR count). The first kappa shape index (κ1) is 5.10. The minimum absolute atomic E-state index is 0.0278. The van der Waals surface area contributed by atoms with Crippen molar-refractivity contribution in [2.75, 3.05) is 0 Å². The maximum absolute atomic E-state index is 6.72. The lowest BCUT2D eigenvalue weighted by Crippen LogP contribution is -1.99. The number of hydrogen-bond acceptors (Lipinski definition) is 1. The Hall–Kier alpha value is -0.0400. The van der Waals surface area contributed by atoms with E-state index in [0.717, 1.165) is 0 Å². The molecule has 1 aliphatic rings. The fourth-order valence-corrected chi connectivity index (χ4v) is 0.803. The molecule has 1 nitrogen and oxygen atoms in total. The molecule has 1 unspecified atom stereocenters. The molecule has 0 spiro atoms. The van der Waals surface area contributed by atoms with Crippen molar-refractivity contribution in [1.29, 1.82) is 5.41 Å². The van der Waals surface area contributed by atoms with Gasteiger partial charge < -0.3 is 5.41 Å². The van der Waals surface area contributed by atoms with Gasteiger partial charge in [0.15, 0.2) is 0 Å². The van der Waals surface area contributed by atoms with Crippen LogP contribution in [0.5, 0.6) is 0 Å². The fraction of sp³-hybridized carbons (Fsp3) is 0.800. The lowest BCUT2D eigenvalue weighted by Gasteiger charge is -1.92.